The predicted molar refractivity (Wildman–Crippen MR) is 67.5 cm³/mol. The van der Waals surface area contributed by atoms with Gasteiger partial charge in [-0.15, -0.1) is 0 Å². The zero-order chi connectivity index (χ0) is 11.4. The Morgan fingerprint density at radius 2 is 2.19 bits per heavy atom. The van der Waals surface area contributed by atoms with Crippen LogP contribution in [0.2, 0.25) is 0 Å². The summed E-state index contributed by atoms with van der Waals surface area (Å²) in [4.78, 5) is 0. The lowest BCUT2D eigenvalue weighted by atomic mass is 9.83. The summed E-state index contributed by atoms with van der Waals surface area (Å²) in [5, 5.41) is 3.47. The Balaban J connectivity index is 1.70. The van der Waals surface area contributed by atoms with Crippen LogP contribution in [0.25, 0.3) is 0 Å². The molecule has 0 spiro atoms. The van der Waals surface area contributed by atoms with Crippen LogP contribution in [0.1, 0.15) is 45.4 Å². The first-order valence-electron chi connectivity index (χ1n) is 7.08. The molecule has 2 saturated carbocycles. The molecule has 2 aliphatic rings. The van der Waals surface area contributed by atoms with Crippen molar-refractivity contribution in [3.05, 3.63) is 0 Å². The minimum atomic E-state index is 0.677. The molecule has 4 unspecified atom stereocenters. The van der Waals surface area contributed by atoms with Gasteiger partial charge in [0, 0.05) is 19.3 Å². The Kier molecular flexibility index (Phi) is 4.66. The normalized spacial score (nSPS) is 34.5. The molecule has 2 nitrogen and oxygen atoms in total. The van der Waals surface area contributed by atoms with Gasteiger partial charge in [0.2, 0.25) is 0 Å². The van der Waals surface area contributed by atoms with Crippen LogP contribution < -0.4 is 5.32 Å². The van der Waals surface area contributed by atoms with Crippen molar-refractivity contribution in [1.82, 2.24) is 5.32 Å². The highest BCUT2D eigenvalue weighted by Crippen LogP contribution is 2.49. The first-order valence-corrected chi connectivity index (χ1v) is 7.08. The lowest BCUT2D eigenvalue weighted by Crippen LogP contribution is -2.30. The molecule has 0 radical (unpaired) electrons. The Labute approximate surface area is 100 Å². The van der Waals surface area contributed by atoms with Crippen LogP contribution in [0.5, 0.6) is 0 Å². The predicted octanol–water partition coefficient (Wildman–Crippen LogP) is 2.83. The molecule has 2 aliphatic carbocycles. The van der Waals surface area contributed by atoms with E-state index in [-0.39, 0.29) is 0 Å². The molecule has 0 aromatic heterocycles. The van der Waals surface area contributed by atoms with Crippen LogP contribution in [-0.2, 0) is 4.74 Å². The Morgan fingerprint density at radius 1 is 1.31 bits per heavy atom. The van der Waals surface area contributed by atoms with Crippen LogP contribution in [0, 0.1) is 17.8 Å². The van der Waals surface area contributed by atoms with E-state index in [2.05, 4.69) is 19.3 Å². The van der Waals surface area contributed by atoms with Crippen LogP contribution in [0.15, 0.2) is 0 Å². The molecule has 2 fully saturated rings. The zero-order valence-corrected chi connectivity index (χ0v) is 10.9. The third-order valence-corrected chi connectivity index (χ3v) is 4.69. The summed E-state index contributed by atoms with van der Waals surface area (Å²) in [7, 11) is 2.10. The van der Waals surface area contributed by atoms with E-state index in [1.54, 1.807) is 0 Å². The van der Waals surface area contributed by atoms with Gasteiger partial charge in [-0.05, 0) is 63.8 Å². The van der Waals surface area contributed by atoms with Crippen molar-refractivity contribution < 1.29 is 4.74 Å². The van der Waals surface area contributed by atoms with E-state index in [0.717, 1.165) is 31.0 Å². The Bertz CT molecular complexity index is 207. The SMILES string of the molecule is CCOCCC(CC1CC2CCC1C2)NC. The lowest BCUT2D eigenvalue weighted by Gasteiger charge is -2.26. The number of nitrogens with one attached hydrogen (secondary N) is 1. The maximum atomic E-state index is 5.45. The van der Waals surface area contributed by atoms with Gasteiger partial charge in [0.15, 0.2) is 0 Å². The van der Waals surface area contributed by atoms with E-state index in [9.17, 15) is 0 Å². The van der Waals surface area contributed by atoms with E-state index in [0.29, 0.717) is 6.04 Å². The highest BCUT2D eigenvalue weighted by Gasteiger charge is 2.39. The molecular formula is C14H27NO. The first-order chi connectivity index (χ1) is 7.83. The third-order valence-electron chi connectivity index (χ3n) is 4.69. The largest absolute Gasteiger partial charge is 0.382 e. The molecule has 0 aromatic rings. The molecular weight excluding hydrogens is 198 g/mol. The van der Waals surface area contributed by atoms with Gasteiger partial charge in [-0.1, -0.05) is 6.42 Å². The van der Waals surface area contributed by atoms with E-state index in [1.165, 1.54) is 38.5 Å². The molecule has 1 N–H and O–H groups in total. The first kappa shape index (κ1) is 12.4. The van der Waals surface area contributed by atoms with Crippen LogP contribution >= 0.6 is 0 Å². The van der Waals surface area contributed by atoms with Crippen LogP contribution in [0.3, 0.4) is 0 Å². The number of hydrogen-bond acceptors (Lipinski definition) is 2. The van der Waals surface area contributed by atoms with Crippen LogP contribution in [-0.4, -0.2) is 26.3 Å². The maximum Gasteiger partial charge on any atom is 0.0480 e. The molecule has 0 heterocycles. The van der Waals surface area contributed by atoms with Crippen molar-refractivity contribution in [3.8, 4) is 0 Å². The highest BCUT2D eigenvalue weighted by atomic mass is 16.5. The van der Waals surface area contributed by atoms with Crippen molar-refractivity contribution in [1.29, 1.82) is 0 Å². The van der Waals surface area contributed by atoms with E-state index < -0.39 is 0 Å². The fraction of sp³-hybridized carbons (Fsp3) is 1.00. The van der Waals surface area contributed by atoms with Gasteiger partial charge in [0.25, 0.3) is 0 Å². The summed E-state index contributed by atoms with van der Waals surface area (Å²) in [5.74, 6) is 3.16. The molecule has 94 valence electrons. The van der Waals surface area contributed by atoms with Gasteiger partial charge in [0.05, 0.1) is 0 Å². The van der Waals surface area contributed by atoms with Gasteiger partial charge in [0.1, 0.15) is 0 Å². The highest BCUT2D eigenvalue weighted by molar-refractivity contribution is 4.91. The number of ether oxygens (including phenoxy) is 1. The minimum Gasteiger partial charge on any atom is -0.382 e. The molecule has 0 aliphatic heterocycles. The summed E-state index contributed by atoms with van der Waals surface area (Å²) in [6, 6.07) is 0.677. The molecule has 0 saturated heterocycles. The quantitative estimate of drug-likeness (QED) is 0.673. The summed E-state index contributed by atoms with van der Waals surface area (Å²) in [5.41, 5.74) is 0. The van der Waals surface area contributed by atoms with Gasteiger partial charge in [-0.3, -0.25) is 0 Å². The molecule has 16 heavy (non-hydrogen) atoms. The second-order valence-corrected chi connectivity index (χ2v) is 5.64. The summed E-state index contributed by atoms with van der Waals surface area (Å²) < 4.78 is 5.45. The smallest absolute Gasteiger partial charge is 0.0480 e. The van der Waals surface area contributed by atoms with E-state index in [1.807, 2.05) is 0 Å². The molecule has 0 amide bonds. The zero-order valence-electron chi connectivity index (χ0n) is 10.9. The second-order valence-electron chi connectivity index (χ2n) is 5.64. The van der Waals surface area contributed by atoms with Crippen LogP contribution in [0.4, 0.5) is 0 Å². The monoisotopic (exact) mass is 225 g/mol. The average molecular weight is 225 g/mol. The second kappa shape index (κ2) is 6.02. The van der Waals surface area contributed by atoms with Crippen molar-refractivity contribution in [3.63, 3.8) is 0 Å². The maximum absolute atomic E-state index is 5.45. The van der Waals surface area contributed by atoms with Gasteiger partial charge >= 0.3 is 0 Å². The number of rotatable bonds is 7. The van der Waals surface area contributed by atoms with Crippen molar-refractivity contribution >= 4 is 0 Å². The lowest BCUT2D eigenvalue weighted by molar-refractivity contribution is 0.131. The molecule has 2 heteroatoms. The van der Waals surface area contributed by atoms with Gasteiger partial charge in [-0.25, -0.2) is 0 Å². The standard InChI is InChI=1S/C14H27NO/c1-3-16-7-6-14(15-2)10-13-9-11-4-5-12(13)8-11/h11-15H,3-10H2,1-2H3. The van der Waals surface area contributed by atoms with Crippen molar-refractivity contribution in [2.45, 2.75) is 51.5 Å². The van der Waals surface area contributed by atoms with Crippen molar-refractivity contribution in [2.24, 2.45) is 17.8 Å². The number of hydrogen-bond donors (Lipinski definition) is 1. The topological polar surface area (TPSA) is 21.3 Å². The molecule has 2 rings (SSSR count). The van der Waals surface area contributed by atoms with E-state index >= 15 is 0 Å². The summed E-state index contributed by atoms with van der Waals surface area (Å²) in [6.07, 6.45) is 8.63. The van der Waals surface area contributed by atoms with Crippen molar-refractivity contribution in [2.75, 3.05) is 20.3 Å². The fourth-order valence-corrected chi connectivity index (χ4v) is 3.78. The summed E-state index contributed by atoms with van der Waals surface area (Å²) >= 11 is 0. The van der Waals surface area contributed by atoms with Gasteiger partial charge < -0.3 is 10.1 Å². The third kappa shape index (κ3) is 2.98. The number of fused-ring (bicyclic) bond motifs is 2. The van der Waals surface area contributed by atoms with E-state index in [4.69, 9.17) is 4.74 Å². The minimum absolute atomic E-state index is 0.677. The molecule has 2 bridgehead atoms. The molecule has 0 aromatic carbocycles. The fourth-order valence-electron chi connectivity index (χ4n) is 3.78. The Hall–Kier alpha value is -0.0800. The van der Waals surface area contributed by atoms with Gasteiger partial charge in [-0.2, -0.15) is 0 Å². The Morgan fingerprint density at radius 3 is 2.75 bits per heavy atom. The average Bonchev–Trinajstić information content (AvgIpc) is 2.89. The summed E-state index contributed by atoms with van der Waals surface area (Å²) in [6.45, 7) is 3.84. The molecule has 4 atom stereocenters.